The van der Waals surface area contributed by atoms with Crippen molar-refractivity contribution in [1.82, 2.24) is 5.32 Å². The first-order valence-corrected chi connectivity index (χ1v) is 9.19. The number of nitrogens with two attached hydrogens (primary N) is 1. The van der Waals surface area contributed by atoms with E-state index in [-0.39, 0.29) is 4.90 Å². The molecule has 0 saturated heterocycles. The number of primary sulfonamides is 1. The molecule has 0 radical (unpaired) electrons. The van der Waals surface area contributed by atoms with E-state index < -0.39 is 37.6 Å². The van der Waals surface area contributed by atoms with Crippen LogP contribution in [-0.2, 0) is 24.7 Å². The van der Waals surface area contributed by atoms with Crippen molar-refractivity contribution >= 4 is 25.8 Å². The van der Waals surface area contributed by atoms with Gasteiger partial charge in [0.05, 0.1) is 10.9 Å². The largest absolute Gasteiger partial charge is 0.349 e. The predicted octanol–water partition coefficient (Wildman–Crippen LogP) is -0.444. The minimum Gasteiger partial charge on any atom is -0.349 e. The normalized spacial score (nSPS) is 13.8. The number of carbonyl (C=O) groups is 1. The standard InChI is InChI=1S/C11H16N2O5S2/c1-8(13-11(14)7-19(2,15)16)9-4-3-5-10(6-9)20(12,17)18/h3-6,8H,7H2,1-2H3,(H,13,14)(H2,12,17,18). The van der Waals surface area contributed by atoms with Gasteiger partial charge in [0.1, 0.15) is 5.75 Å². The van der Waals surface area contributed by atoms with E-state index in [0.717, 1.165) is 6.26 Å². The molecule has 1 aromatic carbocycles. The van der Waals surface area contributed by atoms with Crippen LogP contribution in [0.15, 0.2) is 29.2 Å². The third-order valence-corrected chi connectivity index (χ3v) is 4.15. The molecular formula is C11H16N2O5S2. The summed E-state index contributed by atoms with van der Waals surface area (Å²) in [6, 6.07) is 5.24. The van der Waals surface area contributed by atoms with Crippen molar-refractivity contribution in [2.75, 3.05) is 12.0 Å². The van der Waals surface area contributed by atoms with Gasteiger partial charge in [-0.25, -0.2) is 22.0 Å². The lowest BCUT2D eigenvalue weighted by molar-refractivity contribution is -0.119. The fourth-order valence-corrected chi connectivity index (χ4v) is 2.69. The molecule has 1 amide bonds. The zero-order chi connectivity index (χ0) is 15.6. The maximum Gasteiger partial charge on any atom is 0.238 e. The first-order chi connectivity index (χ1) is 8.99. The van der Waals surface area contributed by atoms with Crippen molar-refractivity contribution in [3.05, 3.63) is 29.8 Å². The number of hydrogen-bond acceptors (Lipinski definition) is 5. The van der Waals surface area contributed by atoms with Gasteiger partial charge in [0.15, 0.2) is 9.84 Å². The Morgan fingerprint density at radius 1 is 1.30 bits per heavy atom. The Morgan fingerprint density at radius 3 is 2.40 bits per heavy atom. The number of sulfonamides is 1. The molecule has 7 nitrogen and oxygen atoms in total. The Hall–Kier alpha value is -1.45. The van der Waals surface area contributed by atoms with Crippen molar-refractivity contribution in [1.29, 1.82) is 0 Å². The molecule has 0 spiro atoms. The van der Waals surface area contributed by atoms with E-state index in [1.165, 1.54) is 18.2 Å². The highest BCUT2D eigenvalue weighted by molar-refractivity contribution is 7.91. The fraction of sp³-hybridized carbons (Fsp3) is 0.364. The van der Waals surface area contributed by atoms with Crippen LogP contribution in [0.3, 0.4) is 0 Å². The van der Waals surface area contributed by atoms with Crippen LogP contribution in [0.2, 0.25) is 0 Å². The molecule has 0 fully saturated rings. The van der Waals surface area contributed by atoms with E-state index in [9.17, 15) is 21.6 Å². The lowest BCUT2D eigenvalue weighted by Crippen LogP contribution is -2.32. The third kappa shape index (κ3) is 5.27. The minimum absolute atomic E-state index is 0.0702. The maximum atomic E-state index is 11.5. The molecule has 1 aromatic rings. The van der Waals surface area contributed by atoms with Crippen molar-refractivity contribution < 1.29 is 21.6 Å². The van der Waals surface area contributed by atoms with Crippen LogP contribution in [0, 0.1) is 0 Å². The molecule has 0 aliphatic heterocycles. The highest BCUT2D eigenvalue weighted by atomic mass is 32.2. The SMILES string of the molecule is CC(NC(=O)CS(C)(=O)=O)c1cccc(S(N)(=O)=O)c1. The molecule has 1 atom stereocenters. The fourth-order valence-electron chi connectivity index (χ4n) is 1.57. The van der Waals surface area contributed by atoms with Crippen LogP contribution in [0.4, 0.5) is 0 Å². The number of benzene rings is 1. The zero-order valence-corrected chi connectivity index (χ0v) is 12.7. The summed E-state index contributed by atoms with van der Waals surface area (Å²) in [5.74, 6) is -1.27. The molecule has 1 unspecified atom stereocenters. The molecule has 0 saturated carbocycles. The number of rotatable bonds is 5. The maximum absolute atomic E-state index is 11.5. The highest BCUT2D eigenvalue weighted by Crippen LogP contribution is 2.16. The summed E-state index contributed by atoms with van der Waals surface area (Å²) in [5.41, 5.74) is 0.512. The Kier molecular flexibility index (Phi) is 4.90. The van der Waals surface area contributed by atoms with E-state index in [2.05, 4.69) is 5.32 Å². The van der Waals surface area contributed by atoms with Gasteiger partial charge >= 0.3 is 0 Å². The third-order valence-electron chi connectivity index (χ3n) is 2.46. The summed E-state index contributed by atoms with van der Waals surface area (Å²) in [5, 5.41) is 7.49. The lowest BCUT2D eigenvalue weighted by atomic mass is 10.1. The number of nitrogens with one attached hydrogen (secondary N) is 1. The van der Waals surface area contributed by atoms with Crippen molar-refractivity contribution in [2.45, 2.75) is 17.9 Å². The van der Waals surface area contributed by atoms with Gasteiger partial charge in [0.25, 0.3) is 0 Å². The number of amides is 1. The molecule has 20 heavy (non-hydrogen) atoms. The molecular weight excluding hydrogens is 304 g/mol. The average molecular weight is 320 g/mol. The molecule has 0 heterocycles. The van der Waals surface area contributed by atoms with Gasteiger partial charge in [0, 0.05) is 6.26 Å². The van der Waals surface area contributed by atoms with Gasteiger partial charge in [-0.3, -0.25) is 4.79 Å². The van der Waals surface area contributed by atoms with Crippen molar-refractivity contribution in [3.8, 4) is 0 Å². The molecule has 112 valence electrons. The quantitative estimate of drug-likeness (QED) is 0.761. The summed E-state index contributed by atoms with van der Waals surface area (Å²) in [4.78, 5) is 11.4. The summed E-state index contributed by atoms with van der Waals surface area (Å²) in [6.07, 6.45) is 0.957. The zero-order valence-electron chi connectivity index (χ0n) is 11.0. The first-order valence-electron chi connectivity index (χ1n) is 5.59. The Labute approximate surface area is 118 Å². The van der Waals surface area contributed by atoms with Crippen LogP contribution in [0.25, 0.3) is 0 Å². The molecule has 3 N–H and O–H groups in total. The van der Waals surface area contributed by atoms with Gasteiger partial charge < -0.3 is 5.32 Å². The second-order valence-corrected chi connectivity index (χ2v) is 8.18. The van der Waals surface area contributed by atoms with E-state index >= 15 is 0 Å². The van der Waals surface area contributed by atoms with Crippen LogP contribution < -0.4 is 10.5 Å². The van der Waals surface area contributed by atoms with E-state index in [0.29, 0.717) is 5.56 Å². The molecule has 0 aliphatic carbocycles. The number of carbonyl (C=O) groups excluding carboxylic acids is 1. The number of sulfone groups is 1. The Bertz CT molecular complexity index is 710. The highest BCUT2D eigenvalue weighted by Gasteiger charge is 2.16. The van der Waals surface area contributed by atoms with E-state index in [4.69, 9.17) is 5.14 Å². The van der Waals surface area contributed by atoms with E-state index in [1.54, 1.807) is 13.0 Å². The number of hydrogen-bond donors (Lipinski definition) is 2. The van der Waals surface area contributed by atoms with Crippen LogP contribution in [0.1, 0.15) is 18.5 Å². The molecule has 9 heteroatoms. The van der Waals surface area contributed by atoms with E-state index in [1.807, 2.05) is 0 Å². The molecule has 1 rings (SSSR count). The van der Waals surface area contributed by atoms with Crippen LogP contribution in [-0.4, -0.2) is 34.8 Å². The second-order valence-electron chi connectivity index (χ2n) is 4.48. The monoisotopic (exact) mass is 320 g/mol. The van der Waals surface area contributed by atoms with Crippen molar-refractivity contribution in [3.63, 3.8) is 0 Å². The summed E-state index contributed by atoms with van der Waals surface area (Å²) in [7, 11) is -7.24. The first kappa shape index (κ1) is 16.6. The summed E-state index contributed by atoms with van der Waals surface area (Å²) in [6.45, 7) is 1.61. The van der Waals surface area contributed by atoms with Gasteiger partial charge in [-0.1, -0.05) is 12.1 Å². The van der Waals surface area contributed by atoms with Gasteiger partial charge in [-0.05, 0) is 24.6 Å². The smallest absolute Gasteiger partial charge is 0.238 e. The lowest BCUT2D eigenvalue weighted by Gasteiger charge is -2.14. The van der Waals surface area contributed by atoms with Gasteiger partial charge in [0.2, 0.25) is 15.9 Å². The molecule has 0 bridgehead atoms. The Balaban J connectivity index is 2.88. The minimum atomic E-state index is -3.82. The topological polar surface area (TPSA) is 123 Å². The van der Waals surface area contributed by atoms with Gasteiger partial charge in [-0.2, -0.15) is 0 Å². The Morgan fingerprint density at radius 2 is 1.90 bits per heavy atom. The molecule has 0 aromatic heterocycles. The molecule has 0 aliphatic rings. The van der Waals surface area contributed by atoms with Crippen LogP contribution in [0.5, 0.6) is 0 Å². The van der Waals surface area contributed by atoms with Crippen molar-refractivity contribution in [2.24, 2.45) is 5.14 Å². The van der Waals surface area contributed by atoms with Gasteiger partial charge in [-0.15, -0.1) is 0 Å². The average Bonchev–Trinajstić information content (AvgIpc) is 2.25. The predicted molar refractivity (Wildman–Crippen MR) is 74.1 cm³/mol. The summed E-state index contributed by atoms with van der Waals surface area (Å²) < 4.78 is 44.4. The second kappa shape index (κ2) is 5.90. The summed E-state index contributed by atoms with van der Waals surface area (Å²) >= 11 is 0. The van der Waals surface area contributed by atoms with Crippen LogP contribution >= 0.6 is 0 Å².